The van der Waals surface area contributed by atoms with Crippen LogP contribution in [0.25, 0.3) is 21.2 Å². The number of para-hydroxylation sites is 1. The molecule has 9 nitrogen and oxygen atoms in total. The lowest BCUT2D eigenvalue weighted by Crippen LogP contribution is -2.30. The van der Waals surface area contributed by atoms with Crippen LogP contribution in [0.4, 0.5) is 5.13 Å². The number of thiazole rings is 1. The number of nitrogens with zero attached hydrogens (tertiary/aromatic N) is 2. The lowest BCUT2D eigenvalue weighted by atomic mass is 9.95. The number of aliphatic hydroxyl groups is 1. The number of ketones is 1. The predicted octanol–water partition coefficient (Wildman–Crippen LogP) is 5.94. The van der Waals surface area contributed by atoms with Gasteiger partial charge in [-0.25, -0.2) is 4.98 Å². The van der Waals surface area contributed by atoms with Crippen LogP contribution in [0.3, 0.4) is 0 Å². The Morgan fingerprint density at radius 2 is 1.92 bits per heavy atom. The second-order valence-corrected chi connectivity index (χ2v) is 9.82. The summed E-state index contributed by atoms with van der Waals surface area (Å²) in [5.74, 6) is -1.19. The lowest BCUT2D eigenvalue weighted by Gasteiger charge is -2.24. The van der Waals surface area contributed by atoms with Crippen molar-refractivity contribution in [2.24, 2.45) is 0 Å². The average molecular weight is 543 g/mol. The molecule has 0 saturated heterocycles. The van der Waals surface area contributed by atoms with Gasteiger partial charge in [-0.15, -0.1) is 0 Å². The smallest absolute Gasteiger partial charge is 0.296 e. The number of amides is 1. The van der Waals surface area contributed by atoms with Gasteiger partial charge in [0.2, 0.25) is 5.78 Å². The van der Waals surface area contributed by atoms with Gasteiger partial charge in [-0.05, 0) is 55.0 Å². The SMILES string of the molecule is CCOc1ccc2nc(N3C(=O)C(O)=C(C(=O)c4cc5cccc(OC)c5o4)C3c3cccc(O)c3)sc2c1. The van der Waals surface area contributed by atoms with Crippen LogP contribution in [-0.2, 0) is 4.79 Å². The van der Waals surface area contributed by atoms with Crippen molar-refractivity contribution in [2.75, 3.05) is 18.6 Å². The number of ether oxygens (including phenoxy) is 2. The molecular formula is C29H22N2O7S. The molecule has 39 heavy (non-hydrogen) atoms. The third kappa shape index (κ3) is 4.05. The van der Waals surface area contributed by atoms with Crippen LogP contribution in [0, 0.1) is 0 Å². The van der Waals surface area contributed by atoms with Crippen molar-refractivity contribution in [2.45, 2.75) is 13.0 Å². The largest absolute Gasteiger partial charge is 0.508 e. The number of benzene rings is 3. The first kappa shape index (κ1) is 24.5. The Morgan fingerprint density at radius 1 is 1.10 bits per heavy atom. The summed E-state index contributed by atoms with van der Waals surface area (Å²) in [4.78, 5) is 33.3. The minimum atomic E-state index is -1.07. The summed E-state index contributed by atoms with van der Waals surface area (Å²) in [6, 6.07) is 17.3. The van der Waals surface area contributed by atoms with E-state index in [1.165, 1.54) is 35.5 Å². The molecule has 1 amide bonds. The van der Waals surface area contributed by atoms with Crippen molar-refractivity contribution in [1.29, 1.82) is 0 Å². The molecule has 6 rings (SSSR count). The zero-order valence-corrected chi connectivity index (χ0v) is 21.7. The maximum Gasteiger partial charge on any atom is 0.296 e. The monoisotopic (exact) mass is 542 g/mol. The molecule has 0 bridgehead atoms. The number of aliphatic hydroxyl groups excluding tert-OH is 1. The average Bonchev–Trinajstić information content (AvgIpc) is 3.62. The van der Waals surface area contributed by atoms with Gasteiger partial charge in [0.05, 0.1) is 35.5 Å². The number of carbonyl (C=O) groups is 2. The predicted molar refractivity (Wildman–Crippen MR) is 146 cm³/mol. The van der Waals surface area contributed by atoms with Gasteiger partial charge in [0.15, 0.2) is 28.0 Å². The first-order chi connectivity index (χ1) is 18.9. The Bertz CT molecular complexity index is 1800. The van der Waals surface area contributed by atoms with Crippen LogP contribution in [0.1, 0.15) is 29.1 Å². The Morgan fingerprint density at radius 3 is 2.69 bits per heavy atom. The summed E-state index contributed by atoms with van der Waals surface area (Å²) in [6.45, 7) is 2.38. The van der Waals surface area contributed by atoms with Gasteiger partial charge < -0.3 is 24.1 Å². The highest BCUT2D eigenvalue weighted by Gasteiger charge is 2.46. The maximum absolute atomic E-state index is 13.9. The second-order valence-electron chi connectivity index (χ2n) is 8.81. The van der Waals surface area contributed by atoms with Gasteiger partial charge in [-0.3, -0.25) is 14.5 Å². The van der Waals surface area contributed by atoms with Gasteiger partial charge in [0.25, 0.3) is 5.91 Å². The van der Waals surface area contributed by atoms with Gasteiger partial charge in [0.1, 0.15) is 11.5 Å². The molecule has 3 aromatic carbocycles. The third-order valence-corrected chi connectivity index (χ3v) is 7.47. The first-order valence-electron chi connectivity index (χ1n) is 12.1. The molecule has 1 aliphatic rings. The van der Waals surface area contributed by atoms with Crippen molar-refractivity contribution in [1.82, 2.24) is 4.98 Å². The normalized spacial score (nSPS) is 15.5. The van der Waals surface area contributed by atoms with E-state index in [1.54, 1.807) is 48.5 Å². The second kappa shape index (κ2) is 9.48. The highest BCUT2D eigenvalue weighted by Crippen LogP contribution is 2.45. The molecule has 0 spiro atoms. The summed E-state index contributed by atoms with van der Waals surface area (Å²) in [6.07, 6.45) is 0. The topological polar surface area (TPSA) is 122 Å². The van der Waals surface area contributed by atoms with E-state index in [9.17, 15) is 19.8 Å². The van der Waals surface area contributed by atoms with Crippen molar-refractivity contribution < 1.29 is 33.7 Å². The first-order valence-corrected chi connectivity index (χ1v) is 12.9. The zero-order valence-electron chi connectivity index (χ0n) is 20.9. The molecular weight excluding hydrogens is 520 g/mol. The quantitative estimate of drug-likeness (QED) is 0.242. The van der Waals surface area contributed by atoms with Crippen LogP contribution in [0.2, 0.25) is 0 Å². The number of methoxy groups -OCH3 is 1. The molecule has 1 unspecified atom stereocenters. The van der Waals surface area contributed by atoms with Crippen LogP contribution in [-0.4, -0.2) is 40.6 Å². The molecule has 5 aromatic rings. The van der Waals surface area contributed by atoms with Crippen molar-refractivity contribution in [3.05, 3.63) is 89.4 Å². The van der Waals surface area contributed by atoms with Crippen LogP contribution >= 0.6 is 11.3 Å². The fourth-order valence-electron chi connectivity index (χ4n) is 4.74. The minimum absolute atomic E-state index is 0.0581. The number of hydrogen-bond acceptors (Lipinski definition) is 9. The number of aromatic nitrogens is 1. The van der Waals surface area contributed by atoms with Crippen LogP contribution in [0.15, 0.2) is 82.5 Å². The molecule has 0 aliphatic carbocycles. The van der Waals surface area contributed by atoms with Crippen LogP contribution in [0.5, 0.6) is 17.2 Å². The summed E-state index contributed by atoms with van der Waals surface area (Å²) in [5, 5.41) is 22.2. The molecule has 2 aromatic heterocycles. The Balaban J connectivity index is 1.49. The van der Waals surface area contributed by atoms with E-state index in [2.05, 4.69) is 4.98 Å². The highest BCUT2D eigenvalue weighted by atomic mass is 32.1. The number of fused-ring (bicyclic) bond motifs is 2. The third-order valence-electron chi connectivity index (χ3n) is 6.46. The molecule has 2 N–H and O–H groups in total. The number of carbonyl (C=O) groups excluding carboxylic acids is 2. The number of rotatable bonds is 7. The number of furan rings is 1. The fraction of sp³-hybridized carbons (Fsp3) is 0.138. The lowest BCUT2D eigenvalue weighted by molar-refractivity contribution is -0.117. The van der Waals surface area contributed by atoms with E-state index < -0.39 is 23.5 Å². The van der Waals surface area contributed by atoms with Gasteiger partial charge >= 0.3 is 0 Å². The number of aromatic hydroxyl groups is 1. The van der Waals surface area contributed by atoms with E-state index in [-0.39, 0.29) is 22.2 Å². The maximum atomic E-state index is 13.9. The van der Waals surface area contributed by atoms with E-state index in [0.29, 0.717) is 40.2 Å². The molecule has 3 heterocycles. The number of phenolic OH excluding ortho intramolecular Hbond substituents is 1. The Labute approximate surface area is 226 Å². The summed E-state index contributed by atoms with van der Waals surface area (Å²) < 4.78 is 17.6. The molecule has 196 valence electrons. The van der Waals surface area contributed by atoms with E-state index >= 15 is 0 Å². The summed E-state index contributed by atoms with van der Waals surface area (Å²) in [5.41, 5.74) is 1.23. The zero-order chi connectivity index (χ0) is 27.3. The van der Waals surface area contributed by atoms with E-state index in [1.807, 2.05) is 13.0 Å². The van der Waals surface area contributed by atoms with Gasteiger partial charge in [-0.1, -0.05) is 35.6 Å². The standard InChI is InChI=1S/C29H22N2O7S/c1-3-37-18-10-11-19-22(14-18)39-29(30-19)31-24(15-6-4-8-17(32)12-15)23(26(34)28(31)35)25(33)21-13-16-7-5-9-20(36-2)27(16)38-21/h4-14,24,32,34H,3H2,1-2H3. The summed E-state index contributed by atoms with van der Waals surface area (Å²) >= 11 is 1.22. The highest BCUT2D eigenvalue weighted by molar-refractivity contribution is 7.22. The van der Waals surface area contributed by atoms with Crippen LogP contribution < -0.4 is 14.4 Å². The molecule has 0 fully saturated rings. The van der Waals surface area contributed by atoms with Crippen molar-refractivity contribution in [3.63, 3.8) is 0 Å². The van der Waals surface area contributed by atoms with Gasteiger partial charge in [0, 0.05) is 5.39 Å². The molecule has 0 saturated carbocycles. The number of hydrogen-bond donors (Lipinski definition) is 2. The van der Waals surface area contributed by atoms with E-state index in [4.69, 9.17) is 13.9 Å². The van der Waals surface area contributed by atoms with Gasteiger partial charge in [-0.2, -0.15) is 0 Å². The number of anilines is 1. The molecule has 10 heteroatoms. The number of Topliss-reactive ketones (excluding diaryl/α,β-unsaturated/α-hetero) is 1. The Hall–Kier alpha value is -4.83. The Kier molecular flexibility index (Phi) is 5.96. The van der Waals surface area contributed by atoms with Crippen molar-refractivity contribution in [3.8, 4) is 17.2 Å². The van der Waals surface area contributed by atoms with E-state index in [0.717, 1.165) is 4.70 Å². The molecule has 1 aliphatic heterocycles. The minimum Gasteiger partial charge on any atom is -0.508 e. The molecule has 1 atom stereocenters. The summed E-state index contributed by atoms with van der Waals surface area (Å²) in [7, 11) is 1.49. The van der Waals surface area contributed by atoms with Crippen molar-refractivity contribution >= 4 is 49.3 Å². The number of phenols is 1. The fourth-order valence-corrected chi connectivity index (χ4v) is 5.76. The molecule has 0 radical (unpaired) electrons.